The van der Waals surface area contributed by atoms with Crippen LogP contribution in [0.5, 0.6) is 5.75 Å². The Morgan fingerprint density at radius 1 is 1.18 bits per heavy atom. The zero-order valence-electron chi connectivity index (χ0n) is 20.8. The molecule has 1 atom stereocenters. The molecule has 1 heterocycles. The van der Waals surface area contributed by atoms with Gasteiger partial charge in [-0.15, -0.1) is 0 Å². The Labute approximate surface area is 203 Å². The highest BCUT2D eigenvalue weighted by Gasteiger charge is 2.31. The van der Waals surface area contributed by atoms with E-state index in [0.29, 0.717) is 25.4 Å². The van der Waals surface area contributed by atoms with Gasteiger partial charge in [0.15, 0.2) is 0 Å². The van der Waals surface area contributed by atoms with Crippen LogP contribution in [-0.4, -0.2) is 53.6 Å². The summed E-state index contributed by atoms with van der Waals surface area (Å²) < 4.78 is 11.6. The molecular weight excluding hydrogens is 428 g/mol. The first kappa shape index (κ1) is 25.3. The average molecular weight is 465 g/mol. The van der Waals surface area contributed by atoms with Gasteiger partial charge in [-0.05, 0) is 56.9 Å². The minimum Gasteiger partial charge on any atom is -0.489 e. The van der Waals surface area contributed by atoms with Crippen LogP contribution in [-0.2, 0) is 22.6 Å². The quantitative estimate of drug-likeness (QED) is 0.557. The smallest absolute Gasteiger partial charge is 0.410 e. The van der Waals surface area contributed by atoms with Gasteiger partial charge in [0.2, 0.25) is 5.91 Å². The molecule has 0 spiro atoms. The van der Waals surface area contributed by atoms with Crippen LogP contribution in [0.15, 0.2) is 55.1 Å². The van der Waals surface area contributed by atoms with Gasteiger partial charge in [0.1, 0.15) is 18.0 Å². The number of carbonyl (C=O) groups is 2. The summed E-state index contributed by atoms with van der Waals surface area (Å²) in [7, 11) is 1.75. The predicted octanol–water partition coefficient (Wildman–Crippen LogP) is 5.31. The van der Waals surface area contributed by atoms with Crippen molar-refractivity contribution in [3.8, 4) is 5.75 Å². The lowest BCUT2D eigenvalue weighted by Gasteiger charge is -2.38. The van der Waals surface area contributed by atoms with E-state index in [1.54, 1.807) is 18.0 Å². The van der Waals surface area contributed by atoms with Gasteiger partial charge < -0.3 is 19.3 Å². The van der Waals surface area contributed by atoms with Gasteiger partial charge in [-0.25, -0.2) is 4.79 Å². The summed E-state index contributed by atoms with van der Waals surface area (Å²) in [6.45, 7) is 11.0. The third-order valence-electron chi connectivity index (χ3n) is 5.88. The summed E-state index contributed by atoms with van der Waals surface area (Å²) in [6, 6.07) is 15.7. The summed E-state index contributed by atoms with van der Waals surface area (Å²) in [5.41, 5.74) is 2.29. The van der Waals surface area contributed by atoms with Gasteiger partial charge in [0.05, 0.1) is 12.5 Å². The molecular formula is C28H36N2O4. The predicted molar refractivity (Wildman–Crippen MR) is 135 cm³/mol. The van der Waals surface area contributed by atoms with E-state index in [9.17, 15) is 9.59 Å². The SMILES string of the molecule is C=Cc1ccc(OCc2ccccc2)c(CC(=O)N2CCCC(N(C)C(=O)OC(C)(C)C)C2)c1. The molecule has 0 bridgehead atoms. The van der Waals surface area contributed by atoms with Crippen molar-refractivity contribution in [2.75, 3.05) is 20.1 Å². The summed E-state index contributed by atoms with van der Waals surface area (Å²) in [5.74, 6) is 0.718. The number of rotatable bonds is 7. The van der Waals surface area contributed by atoms with Crippen molar-refractivity contribution in [1.82, 2.24) is 9.80 Å². The average Bonchev–Trinajstić information content (AvgIpc) is 2.82. The molecule has 1 saturated heterocycles. The Hall–Kier alpha value is -3.28. The normalized spacial score (nSPS) is 16.0. The second kappa shape index (κ2) is 11.2. The van der Waals surface area contributed by atoms with Crippen LogP contribution in [0.25, 0.3) is 6.08 Å². The molecule has 1 aliphatic rings. The maximum atomic E-state index is 13.3. The number of hydrogen-bond acceptors (Lipinski definition) is 4. The first-order valence-electron chi connectivity index (χ1n) is 11.8. The molecule has 3 rings (SSSR count). The Bertz CT molecular complexity index is 997. The highest BCUT2D eigenvalue weighted by molar-refractivity contribution is 5.80. The number of ether oxygens (including phenoxy) is 2. The second-order valence-electron chi connectivity index (χ2n) is 9.75. The number of hydrogen-bond donors (Lipinski definition) is 0. The van der Waals surface area contributed by atoms with Gasteiger partial charge >= 0.3 is 6.09 Å². The molecule has 0 radical (unpaired) electrons. The zero-order valence-corrected chi connectivity index (χ0v) is 20.8. The molecule has 34 heavy (non-hydrogen) atoms. The maximum absolute atomic E-state index is 13.3. The minimum absolute atomic E-state index is 0.0214. The van der Waals surface area contributed by atoms with E-state index in [0.717, 1.165) is 29.5 Å². The lowest BCUT2D eigenvalue weighted by atomic mass is 10.0. The van der Waals surface area contributed by atoms with Crippen molar-refractivity contribution in [3.63, 3.8) is 0 Å². The zero-order chi connectivity index (χ0) is 24.7. The number of carbonyl (C=O) groups excluding carboxylic acids is 2. The van der Waals surface area contributed by atoms with E-state index in [-0.39, 0.29) is 24.5 Å². The molecule has 6 heteroatoms. The fourth-order valence-corrected chi connectivity index (χ4v) is 4.00. The summed E-state index contributed by atoms with van der Waals surface area (Å²) >= 11 is 0. The summed E-state index contributed by atoms with van der Waals surface area (Å²) in [4.78, 5) is 29.2. The Morgan fingerprint density at radius 2 is 1.91 bits per heavy atom. The van der Waals surface area contributed by atoms with Crippen molar-refractivity contribution in [2.24, 2.45) is 0 Å². The van der Waals surface area contributed by atoms with Crippen LogP contribution in [0.4, 0.5) is 4.79 Å². The fourth-order valence-electron chi connectivity index (χ4n) is 4.00. The molecule has 2 aromatic carbocycles. The first-order chi connectivity index (χ1) is 16.2. The Balaban J connectivity index is 1.67. The Kier molecular flexibility index (Phi) is 8.37. The summed E-state index contributed by atoms with van der Waals surface area (Å²) in [5, 5.41) is 0. The number of likely N-dealkylation sites (tertiary alicyclic amines) is 1. The van der Waals surface area contributed by atoms with Crippen molar-refractivity contribution < 1.29 is 19.1 Å². The maximum Gasteiger partial charge on any atom is 0.410 e. The van der Waals surface area contributed by atoms with Crippen LogP contribution in [0, 0.1) is 0 Å². The minimum atomic E-state index is -0.554. The molecule has 0 aromatic heterocycles. The largest absolute Gasteiger partial charge is 0.489 e. The van der Waals surface area contributed by atoms with Crippen LogP contribution >= 0.6 is 0 Å². The second-order valence-corrected chi connectivity index (χ2v) is 9.75. The number of likely N-dealkylation sites (N-methyl/N-ethyl adjacent to an activating group) is 1. The number of nitrogens with zero attached hydrogens (tertiary/aromatic N) is 2. The molecule has 1 aliphatic heterocycles. The van der Waals surface area contributed by atoms with Crippen LogP contribution in [0.1, 0.15) is 50.3 Å². The number of piperidine rings is 1. The molecule has 0 aliphatic carbocycles. The monoisotopic (exact) mass is 464 g/mol. The van der Waals surface area contributed by atoms with Crippen LogP contribution in [0.3, 0.4) is 0 Å². The highest BCUT2D eigenvalue weighted by atomic mass is 16.6. The third-order valence-corrected chi connectivity index (χ3v) is 5.88. The molecule has 1 unspecified atom stereocenters. The van der Waals surface area contributed by atoms with E-state index < -0.39 is 5.60 Å². The van der Waals surface area contributed by atoms with Crippen molar-refractivity contribution in [3.05, 3.63) is 71.8 Å². The van der Waals surface area contributed by atoms with E-state index in [4.69, 9.17) is 9.47 Å². The highest BCUT2D eigenvalue weighted by Crippen LogP contribution is 2.25. The molecule has 182 valence electrons. The van der Waals surface area contributed by atoms with Gasteiger partial charge in [-0.2, -0.15) is 0 Å². The third kappa shape index (κ3) is 7.11. The molecule has 6 nitrogen and oxygen atoms in total. The molecule has 0 N–H and O–H groups in total. The number of benzene rings is 2. The molecule has 2 aromatic rings. The van der Waals surface area contributed by atoms with Crippen LogP contribution < -0.4 is 4.74 Å². The lowest BCUT2D eigenvalue weighted by Crippen LogP contribution is -2.51. The number of amides is 2. The van der Waals surface area contributed by atoms with E-state index in [1.165, 1.54) is 0 Å². The van der Waals surface area contributed by atoms with Gasteiger partial charge in [0.25, 0.3) is 0 Å². The molecule has 0 saturated carbocycles. The van der Waals surface area contributed by atoms with Crippen LogP contribution in [0.2, 0.25) is 0 Å². The standard InChI is InChI=1S/C28H36N2O4/c1-6-21-14-15-25(33-20-22-11-8-7-9-12-22)23(17-21)18-26(31)30-16-10-13-24(19-30)29(5)27(32)34-28(2,3)4/h6-9,11-12,14-15,17,24H,1,10,13,16,18-20H2,2-5H3. The van der Waals surface area contributed by atoms with E-state index >= 15 is 0 Å². The first-order valence-corrected chi connectivity index (χ1v) is 11.8. The Morgan fingerprint density at radius 3 is 2.59 bits per heavy atom. The molecule has 2 amide bonds. The summed E-state index contributed by atoms with van der Waals surface area (Å²) in [6.07, 6.45) is 3.32. The van der Waals surface area contributed by atoms with Crippen molar-refractivity contribution in [2.45, 2.75) is 58.3 Å². The van der Waals surface area contributed by atoms with Crippen molar-refractivity contribution in [1.29, 1.82) is 0 Å². The van der Waals surface area contributed by atoms with Crippen molar-refractivity contribution >= 4 is 18.1 Å². The van der Waals surface area contributed by atoms with Gasteiger partial charge in [0, 0.05) is 25.7 Å². The molecule has 1 fully saturated rings. The van der Waals surface area contributed by atoms with Gasteiger partial charge in [-0.3, -0.25) is 4.79 Å². The van der Waals surface area contributed by atoms with Gasteiger partial charge in [-0.1, -0.05) is 49.1 Å². The fraction of sp³-hybridized carbons (Fsp3) is 0.429. The van der Waals surface area contributed by atoms with E-state index in [2.05, 4.69) is 6.58 Å². The topological polar surface area (TPSA) is 59.1 Å². The van der Waals surface area contributed by atoms with E-state index in [1.807, 2.05) is 74.2 Å². The lowest BCUT2D eigenvalue weighted by molar-refractivity contribution is -0.132.